The Morgan fingerprint density at radius 1 is 1.11 bits per heavy atom. The molecule has 4 rings (SSSR count). The van der Waals surface area contributed by atoms with Crippen LogP contribution in [-0.2, 0) is 17.6 Å². The lowest BCUT2D eigenvalue weighted by molar-refractivity contribution is 0.0791. The van der Waals surface area contributed by atoms with Crippen molar-refractivity contribution < 1.29 is 4.74 Å². The zero-order chi connectivity index (χ0) is 12.8. The van der Waals surface area contributed by atoms with Crippen molar-refractivity contribution in [2.75, 3.05) is 6.61 Å². The van der Waals surface area contributed by atoms with Gasteiger partial charge in [-0.05, 0) is 61.3 Å². The number of benzene rings is 1. The first-order valence-electron chi connectivity index (χ1n) is 7.44. The maximum atomic E-state index is 6.07. The van der Waals surface area contributed by atoms with Crippen LogP contribution >= 0.6 is 11.6 Å². The SMILES string of the molecule is Clc1ccc2c(c1)CC(NC1CCOC1C1CC1)C2. The number of nitrogens with one attached hydrogen (secondary N) is 1. The lowest BCUT2D eigenvalue weighted by Gasteiger charge is -2.23. The molecule has 0 spiro atoms. The van der Waals surface area contributed by atoms with Crippen molar-refractivity contribution in [3.05, 3.63) is 34.3 Å². The molecule has 1 N–H and O–H groups in total. The summed E-state index contributed by atoms with van der Waals surface area (Å²) in [5, 5.41) is 4.71. The molecule has 2 nitrogen and oxygen atoms in total. The number of rotatable bonds is 3. The van der Waals surface area contributed by atoms with Crippen LogP contribution in [0.1, 0.15) is 30.4 Å². The lowest BCUT2D eigenvalue weighted by Crippen LogP contribution is -2.44. The standard InChI is InChI=1S/C16H20ClNO/c17-13-4-3-11-8-14(9-12(11)7-13)18-15-5-6-19-16(15)10-1-2-10/h3-4,7,10,14-16,18H,1-2,5-6,8-9H2. The molecule has 3 heteroatoms. The molecule has 1 aromatic carbocycles. The molecule has 2 aliphatic carbocycles. The zero-order valence-electron chi connectivity index (χ0n) is 11.1. The lowest BCUT2D eigenvalue weighted by atomic mass is 10.0. The van der Waals surface area contributed by atoms with E-state index < -0.39 is 0 Å². The third kappa shape index (κ3) is 2.42. The number of ether oxygens (including phenoxy) is 1. The van der Waals surface area contributed by atoms with Crippen LogP contribution in [0.4, 0.5) is 0 Å². The van der Waals surface area contributed by atoms with Crippen molar-refractivity contribution in [1.29, 1.82) is 0 Å². The van der Waals surface area contributed by atoms with Gasteiger partial charge in [-0.3, -0.25) is 0 Å². The molecule has 2 fully saturated rings. The molecule has 0 bridgehead atoms. The smallest absolute Gasteiger partial charge is 0.0757 e. The quantitative estimate of drug-likeness (QED) is 0.917. The molecule has 1 saturated heterocycles. The minimum Gasteiger partial charge on any atom is -0.376 e. The van der Waals surface area contributed by atoms with Crippen molar-refractivity contribution in [1.82, 2.24) is 5.32 Å². The molecule has 0 aromatic heterocycles. The maximum Gasteiger partial charge on any atom is 0.0757 e. The van der Waals surface area contributed by atoms with Crippen molar-refractivity contribution in [2.45, 2.75) is 50.3 Å². The Bertz CT molecular complexity index is 486. The second-order valence-corrected chi connectivity index (χ2v) is 6.69. The van der Waals surface area contributed by atoms with E-state index in [9.17, 15) is 0 Å². The van der Waals surface area contributed by atoms with Crippen molar-refractivity contribution >= 4 is 11.6 Å². The molecule has 19 heavy (non-hydrogen) atoms. The molecule has 1 saturated carbocycles. The van der Waals surface area contributed by atoms with Gasteiger partial charge < -0.3 is 10.1 Å². The van der Waals surface area contributed by atoms with E-state index >= 15 is 0 Å². The van der Waals surface area contributed by atoms with Crippen molar-refractivity contribution in [3.63, 3.8) is 0 Å². The van der Waals surface area contributed by atoms with E-state index in [0.29, 0.717) is 18.2 Å². The average Bonchev–Trinajstić information content (AvgIpc) is 3.00. The average molecular weight is 278 g/mol. The van der Waals surface area contributed by atoms with Gasteiger partial charge in [-0.1, -0.05) is 17.7 Å². The predicted molar refractivity (Wildman–Crippen MR) is 76.7 cm³/mol. The summed E-state index contributed by atoms with van der Waals surface area (Å²) < 4.78 is 5.91. The highest BCUT2D eigenvalue weighted by molar-refractivity contribution is 6.30. The molecule has 0 amide bonds. The van der Waals surface area contributed by atoms with Gasteiger partial charge in [-0.25, -0.2) is 0 Å². The Balaban J connectivity index is 1.42. The first-order chi connectivity index (χ1) is 9.29. The fraction of sp³-hybridized carbons (Fsp3) is 0.625. The van der Waals surface area contributed by atoms with E-state index in [1.54, 1.807) is 0 Å². The molecular formula is C16H20ClNO. The summed E-state index contributed by atoms with van der Waals surface area (Å²) in [5.41, 5.74) is 2.88. The highest BCUT2D eigenvalue weighted by atomic mass is 35.5. The van der Waals surface area contributed by atoms with Crippen LogP contribution < -0.4 is 5.32 Å². The maximum absolute atomic E-state index is 6.07. The second kappa shape index (κ2) is 4.76. The van der Waals surface area contributed by atoms with Crippen LogP contribution in [-0.4, -0.2) is 24.8 Å². The zero-order valence-corrected chi connectivity index (χ0v) is 11.8. The molecule has 1 heterocycles. The summed E-state index contributed by atoms with van der Waals surface area (Å²) in [6, 6.07) is 7.46. The third-order valence-electron chi connectivity index (χ3n) is 4.77. The van der Waals surface area contributed by atoms with Gasteiger partial charge in [-0.15, -0.1) is 0 Å². The first-order valence-corrected chi connectivity index (χ1v) is 7.82. The Morgan fingerprint density at radius 3 is 2.79 bits per heavy atom. The second-order valence-electron chi connectivity index (χ2n) is 6.25. The van der Waals surface area contributed by atoms with Gasteiger partial charge in [0, 0.05) is 23.7 Å². The summed E-state index contributed by atoms with van der Waals surface area (Å²) in [7, 11) is 0. The predicted octanol–water partition coefficient (Wildman–Crippen LogP) is 2.96. The van der Waals surface area contributed by atoms with Crippen LogP contribution in [0.3, 0.4) is 0 Å². The molecule has 1 aliphatic heterocycles. The number of hydrogen-bond donors (Lipinski definition) is 1. The first kappa shape index (κ1) is 12.2. The molecular weight excluding hydrogens is 258 g/mol. The van der Waals surface area contributed by atoms with Crippen molar-refractivity contribution in [2.24, 2.45) is 5.92 Å². The fourth-order valence-corrected chi connectivity index (χ4v) is 3.88. The summed E-state index contributed by atoms with van der Waals surface area (Å²) in [5.74, 6) is 0.832. The van der Waals surface area contributed by atoms with Crippen LogP contribution in [0.25, 0.3) is 0 Å². The normalized spacial score (nSPS) is 33.6. The van der Waals surface area contributed by atoms with Gasteiger partial charge in [0.1, 0.15) is 0 Å². The summed E-state index contributed by atoms with van der Waals surface area (Å²) in [6.45, 7) is 0.935. The van der Waals surface area contributed by atoms with Crippen LogP contribution in [0, 0.1) is 5.92 Å². The Morgan fingerprint density at radius 2 is 1.95 bits per heavy atom. The summed E-state index contributed by atoms with van der Waals surface area (Å²) in [4.78, 5) is 0. The van der Waals surface area contributed by atoms with Crippen LogP contribution in [0.2, 0.25) is 5.02 Å². The van der Waals surface area contributed by atoms with Gasteiger partial charge in [0.25, 0.3) is 0 Å². The summed E-state index contributed by atoms with van der Waals surface area (Å²) in [6.07, 6.45) is 6.64. The summed E-state index contributed by atoms with van der Waals surface area (Å²) >= 11 is 6.07. The number of halogens is 1. The van der Waals surface area contributed by atoms with Gasteiger partial charge >= 0.3 is 0 Å². The Hall–Kier alpha value is -0.570. The van der Waals surface area contributed by atoms with E-state index in [1.807, 2.05) is 6.07 Å². The minimum absolute atomic E-state index is 0.479. The fourth-order valence-electron chi connectivity index (χ4n) is 3.69. The van der Waals surface area contributed by atoms with Gasteiger partial charge in [0.2, 0.25) is 0 Å². The van der Waals surface area contributed by atoms with E-state index in [0.717, 1.165) is 30.4 Å². The Kier molecular flexibility index (Phi) is 3.06. The number of hydrogen-bond acceptors (Lipinski definition) is 2. The van der Waals surface area contributed by atoms with Gasteiger partial charge in [0.05, 0.1) is 6.10 Å². The molecule has 3 atom stereocenters. The molecule has 0 radical (unpaired) electrons. The van der Waals surface area contributed by atoms with Crippen LogP contribution in [0.5, 0.6) is 0 Å². The van der Waals surface area contributed by atoms with Gasteiger partial charge in [-0.2, -0.15) is 0 Å². The molecule has 1 aromatic rings. The van der Waals surface area contributed by atoms with E-state index in [2.05, 4.69) is 17.4 Å². The topological polar surface area (TPSA) is 21.3 Å². The molecule has 3 unspecified atom stereocenters. The van der Waals surface area contributed by atoms with E-state index in [1.165, 1.54) is 30.4 Å². The van der Waals surface area contributed by atoms with Crippen LogP contribution in [0.15, 0.2) is 18.2 Å². The molecule has 102 valence electrons. The highest BCUT2D eigenvalue weighted by Crippen LogP contribution is 2.39. The highest BCUT2D eigenvalue weighted by Gasteiger charge is 2.41. The minimum atomic E-state index is 0.479. The molecule has 3 aliphatic rings. The third-order valence-corrected chi connectivity index (χ3v) is 5.01. The largest absolute Gasteiger partial charge is 0.376 e. The number of fused-ring (bicyclic) bond motifs is 1. The van der Waals surface area contributed by atoms with Gasteiger partial charge in [0.15, 0.2) is 0 Å². The van der Waals surface area contributed by atoms with Crippen molar-refractivity contribution in [3.8, 4) is 0 Å². The monoisotopic (exact) mass is 277 g/mol. The van der Waals surface area contributed by atoms with E-state index in [-0.39, 0.29) is 0 Å². The van der Waals surface area contributed by atoms with E-state index in [4.69, 9.17) is 16.3 Å². The Labute approximate surface area is 119 Å².